The number of anilines is 1. The van der Waals surface area contributed by atoms with Crippen LogP contribution in [-0.2, 0) is 19.9 Å². The van der Waals surface area contributed by atoms with E-state index in [9.17, 15) is 14.4 Å². The number of nitrogens with two attached hydrogens (primary N) is 1. The lowest BCUT2D eigenvalue weighted by molar-refractivity contribution is -0.734. The number of benzene rings is 1. The molecular formula is C21H27ClN3O3+. The molecule has 1 spiro atoms. The number of fused-ring (bicyclic) bond motifs is 4. The van der Waals surface area contributed by atoms with Crippen LogP contribution in [0.4, 0.5) is 5.69 Å². The number of quaternary nitrogens is 1. The van der Waals surface area contributed by atoms with Crippen molar-refractivity contribution in [3.63, 3.8) is 0 Å². The number of hydrogen-bond acceptors (Lipinski definition) is 3. The Kier molecular flexibility index (Phi) is 4.74. The quantitative estimate of drug-likeness (QED) is 0.735. The molecule has 1 aromatic rings. The predicted molar refractivity (Wildman–Crippen MR) is 106 cm³/mol. The van der Waals surface area contributed by atoms with Gasteiger partial charge in [-0.05, 0) is 24.5 Å². The highest BCUT2D eigenvalue weighted by atomic mass is 35.5. The molecule has 4 rings (SSSR count). The van der Waals surface area contributed by atoms with E-state index in [1.54, 1.807) is 12.1 Å². The molecule has 0 aromatic heterocycles. The number of carbonyl (C=O) groups excluding carboxylic acids is 3. The molecule has 0 radical (unpaired) electrons. The number of para-hydroxylation sites is 1. The molecule has 7 heteroatoms. The zero-order valence-corrected chi connectivity index (χ0v) is 17.3. The summed E-state index contributed by atoms with van der Waals surface area (Å²) in [5.74, 6) is -1.37. The van der Waals surface area contributed by atoms with Gasteiger partial charge in [-0.1, -0.05) is 44.9 Å². The minimum absolute atomic E-state index is 0.108. The molecule has 3 aliphatic rings. The van der Waals surface area contributed by atoms with Gasteiger partial charge in [-0.3, -0.25) is 19.3 Å². The lowest BCUT2D eigenvalue weighted by Crippen LogP contribution is -2.99. The van der Waals surface area contributed by atoms with Crippen molar-refractivity contribution in [2.24, 2.45) is 17.8 Å². The van der Waals surface area contributed by atoms with E-state index in [-0.39, 0.29) is 23.8 Å². The van der Waals surface area contributed by atoms with E-state index in [2.05, 4.69) is 19.2 Å². The number of amides is 3. The van der Waals surface area contributed by atoms with Crippen LogP contribution in [0.2, 0.25) is 5.02 Å². The number of unbranched alkanes of at least 4 members (excludes halogenated alkanes) is 1. The Morgan fingerprint density at radius 1 is 1.25 bits per heavy atom. The molecule has 3 aliphatic heterocycles. The highest BCUT2D eigenvalue weighted by Crippen LogP contribution is 2.51. The Bertz CT molecular complexity index is 855. The van der Waals surface area contributed by atoms with Gasteiger partial charge < -0.3 is 10.6 Å². The first-order chi connectivity index (χ1) is 13.3. The molecule has 3 heterocycles. The molecule has 1 aromatic carbocycles. The Labute approximate surface area is 170 Å². The SMILES string of the molecule is CCCCN1C(=O)[C@@H]2[C@H](CC(C)C)[NH2+][C@@]3(C(=O)Nc4c(Cl)cccc43)[C@@H]2C1=O. The molecule has 6 nitrogen and oxygen atoms in total. The minimum atomic E-state index is -1.11. The summed E-state index contributed by atoms with van der Waals surface area (Å²) in [6.45, 7) is 6.66. The van der Waals surface area contributed by atoms with Gasteiger partial charge in [0.2, 0.25) is 17.4 Å². The lowest BCUT2D eigenvalue weighted by atomic mass is 9.76. The highest BCUT2D eigenvalue weighted by molar-refractivity contribution is 6.35. The molecule has 0 aliphatic carbocycles. The molecule has 3 amide bonds. The Hall–Kier alpha value is -1.92. The van der Waals surface area contributed by atoms with Gasteiger partial charge in [0.15, 0.2) is 0 Å². The van der Waals surface area contributed by atoms with Crippen LogP contribution < -0.4 is 10.6 Å². The number of likely N-dealkylation sites (tertiary alicyclic amines) is 1. The van der Waals surface area contributed by atoms with Gasteiger partial charge in [0.25, 0.3) is 5.91 Å². The molecule has 2 fully saturated rings. The van der Waals surface area contributed by atoms with Crippen LogP contribution in [-0.4, -0.2) is 35.2 Å². The first kappa shape index (κ1) is 19.4. The molecule has 3 N–H and O–H groups in total. The van der Waals surface area contributed by atoms with Crippen molar-refractivity contribution in [3.8, 4) is 0 Å². The minimum Gasteiger partial charge on any atom is -0.326 e. The van der Waals surface area contributed by atoms with Crippen LogP contribution in [0.5, 0.6) is 0 Å². The summed E-state index contributed by atoms with van der Waals surface area (Å²) in [6, 6.07) is 5.28. The van der Waals surface area contributed by atoms with Gasteiger partial charge >= 0.3 is 0 Å². The first-order valence-corrected chi connectivity index (χ1v) is 10.5. The molecular weight excluding hydrogens is 378 g/mol. The van der Waals surface area contributed by atoms with Crippen molar-refractivity contribution in [2.75, 3.05) is 11.9 Å². The van der Waals surface area contributed by atoms with Crippen molar-refractivity contribution in [1.82, 2.24) is 4.90 Å². The predicted octanol–water partition coefficient (Wildman–Crippen LogP) is 1.88. The fourth-order valence-electron chi connectivity index (χ4n) is 5.31. The van der Waals surface area contributed by atoms with Crippen molar-refractivity contribution in [1.29, 1.82) is 0 Å². The van der Waals surface area contributed by atoms with Crippen LogP contribution in [0, 0.1) is 17.8 Å². The van der Waals surface area contributed by atoms with E-state index in [1.807, 2.05) is 18.3 Å². The second-order valence-electron chi connectivity index (χ2n) is 8.63. The molecule has 0 saturated carbocycles. The second kappa shape index (κ2) is 6.85. The van der Waals surface area contributed by atoms with E-state index >= 15 is 0 Å². The maximum atomic E-state index is 13.4. The monoisotopic (exact) mass is 404 g/mol. The van der Waals surface area contributed by atoms with E-state index in [1.165, 1.54) is 4.90 Å². The van der Waals surface area contributed by atoms with Crippen molar-refractivity contribution < 1.29 is 19.7 Å². The van der Waals surface area contributed by atoms with Crippen LogP contribution >= 0.6 is 11.6 Å². The summed E-state index contributed by atoms with van der Waals surface area (Å²) < 4.78 is 0. The number of carbonyl (C=O) groups is 3. The number of nitrogens with zero attached hydrogens (tertiary/aromatic N) is 1. The van der Waals surface area contributed by atoms with Crippen molar-refractivity contribution in [3.05, 3.63) is 28.8 Å². The second-order valence-corrected chi connectivity index (χ2v) is 9.04. The number of hydrogen-bond donors (Lipinski definition) is 2. The van der Waals surface area contributed by atoms with Crippen LogP contribution in [0.15, 0.2) is 18.2 Å². The Balaban J connectivity index is 1.84. The average Bonchev–Trinajstić information content (AvgIpc) is 3.20. The van der Waals surface area contributed by atoms with E-state index in [0.29, 0.717) is 23.2 Å². The Morgan fingerprint density at radius 2 is 2.00 bits per heavy atom. The summed E-state index contributed by atoms with van der Waals surface area (Å²) in [5, 5.41) is 5.33. The summed E-state index contributed by atoms with van der Waals surface area (Å²) in [7, 11) is 0. The third-order valence-electron chi connectivity index (χ3n) is 6.42. The lowest BCUT2D eigenvalue weighted by Gasteiger charge is -2.26. The van der Waals surface area contributed by atoms with Crippen molar-refractivity contribution in [2.45, 2.75) is 51.6 Å². The smallest absolute Gasteiger partial charge is 0.291 e. The van der Waals surface area contributed by atoms with Gasteiger partial charge in [0.1, 0.15) is 17.9 Å². The fraction of sp³-hybridized carbons (Fsp3) is 0.571. The third-order valence-corrected chi connectivity index (χ3v) is 6.74. The van der Waals surface area contributed by atoms with E-state index in [4.69, 9.17) is 11.6 Å². The highest BCUT2D eigenvalue weighted by Gasteiger charge is 2.74. The maximum absolute atomic E-state index is 13.4. The number of imide groups is 1. The Morgan fingerprint density at radius 3 is 2.68 bits per heavy atom. The number of nitrogens with one attached hydrogen (secondary N) is 1. The first-order valence-electron chi connectivity index (χ1n) is 10.1. The molecule has 0 unspecified atom stereocenters. The summed E-state index contributed by atoms with van der Waals surface area (Å²) in [5.41, 5.74) is 0.185. The average molecular weight is 405 g/mol. The molecule has 0 bridgehead atoms. The largest absolute Gasteiger partial charge is 0.326 e. The maximum Gasteiger partial charge on any atom is 0.291 e. The van der Waals surface area contributed by atoms with Crippen LogP contribution in [0.3, 0.4) is 0 Å². The normalized spacial score (nSPS) is 31.1. The van der Waals surface area contributed by atoms with Gasteiger partial charge in [0, 0.05) is 18.5 Å². The topological polar surface area (TPSA) is 83.1 Å². The zero-order valence-electron chi connectivity index (χ0n) is 16.5. The summed E-state index contributed by atoms with van der Waals surface area (Å²) in [4.78, 5) is 41.3. The van der Waals surface area contributed by atoms with E-state index in [0.717, 1.165) is 24.8 Å². The number of halogens is 1. The van der Waals surface area contributed by atoms with Gasteiger partial charge in [-0.15, -0.1) is 0 Å². The third kappa shape index (κ3) is 2.54. The van der Waals surface area contributed by atoms with Gasteiger partial charge in [-0.2, -0.15) is 0 Å². The number of rotatable bonds is 5. The van der Waals surface area contributed by atoms with Crippen molar-refractivity contribution >= 4 is 35.0 Å². The summed E-state index contributed by atoms with van der Waals surface area (Å²) >= 11 is 6.33. The van der Waals surface area contributed by atoms with Gasteiger partial charge in [0.05, 0.1) is 10.7 Å². The zero-order chi connectivity index (χ0) is 20.2. The molecule has 28 heavy (non-hydrogen) atoms. The fourth-order valence-corrected chi connectivity index (χ4v) is 5.53. The van der Waals surface area contributed by atoms with Crippen LogP contribution in [0.1, 0.15) is 45.6 Å². The van der Waals surface area contributed by atoms with Crippen LogP contribution in [0.25, 0.3) is 0 Å². The summed E-state index contributed by atoms with van der Waals surface area (Å²) in [6.07, 6.45) is 2.45. The molecule has 150 valence electrons. The van der Waals surface area contributed by atoms with Gasteiger partial charge in [-0.25, -0.2) is 0 Å². The molecule has 4 atom stereocenters. The standard InChI is InChI=1S/C21H26ClN3O3/c1-4-5-9-25-18(26)15-14(10-11(2)3)24-21(16(15)19(25)27)12-7-6-8-13(22)17(12)23-20(21)28/h6-8,11,14-16,24H,4-5,9-10H2,1-3H3,(H,23,28)/p+1/t14-,15+,16-,21+/m0/s1. The van der Waals surface area contributed by atoms with E-state index < -0.39 is 17.4 Å². The molecule has 2 saturated heterocycles.